The summed E-state index contributed by atoms with van der Waals surface area (Å²) in [6.45, 7) is 0.167. The molecular weight excluding hydrogens is 166 g/mol. The van der Waals surface area contributed by atoms with Crippen LogP contribution in [0.4, 0.5) is 0 Å². The van der Waals surface area contributed by atoms with Gasteiger partial charge in [0.1, 0.15) is 0 Å². The van der Waals surface area contributed by atoms with E-state index in [-0.39, 0.29) is 6.61 Å². The van der Waals surface area contributed by atoms with Gasteiger partial charge >= 0.3 is 0 Å². The fourth-order valence-electron chi connectivity index (χ4n) is 0.916. The highest BCUT2D eigenvalue weighted by Gasteiger charge is 1.91. The van der Waals surface area contributed by atoms with E-state index in [1.54, 1.807) is 13.2 Å². The van der Waals surface area contributed by atoms with Gasteiger partial charge in [0.15, 0.2) is 0 Å². The highest BCUT2D eigenvalue weighted by atomic mass is 16.5. The predicted octanol–water partition coefficient (Wildman–Crippen LogP) is 1.49. The molecular formula is C10H13NO2. The first-order valence-corrected chi connectivity index (χ1v) is 4.15. The van der Waals surface area contributed by atoms with Crippen LogP contribution in [0.25, 0.3) is 6.08 Å². The first-order valence-electron chi connectivity index (χ1n) is 4.15. The van der Waals surface area contributed by atoms with E-state index in [1.807, 2.05) is 24.3 Å². The summed E-state index contributed by atoms with van der Waals surface area (Å²) in [6, 6.07) is 5.56. The summed E-state index contributed by atoms with van der Waals surface area (Å²) in [6.07, 6.45) is 4.39. The van der Waals surface area contributed by atoms with E-state index in [1.165, 1.54) is 0 Å². The molecule has 1 aromatic rings. The van der Waals surface area contributed by atoms with E-state index in [0.717, 1.165) is 5.69 Å². The molecule has 3 heteroatoms. The summed E-state index contributed by atoms with van der Waals surface area (Å²) in [7, 11) is 1.59. The van der Waals surface area contributed by atoms with Gasteiger partial charge in [-0.05, 0) is 18.6 Å². The number of ether oxygens (including phenoxy) is 1. The lowest BCUT2D eigenvalue weighted by molar-refractivity contribution is 0.303. The lowest BCUT2D eigenvalue weighted by Gasteiger charge is -1.98. The molecule has 0 aliphatic carbocycles. The highest BCUT2D eigenvalue weighted by Crippen LogP contribution is 2.07. The molecule has 1 aromatic heterocycles. The first-order chi connectivity index (χ1) is 6.36. The van der Waals surface area contributed by atoms with Gasteiger partial charge in [-0.25, -0.2) is 4.98 Å². The Balaban J connectivity index is 2.66. The Bertz CT molecular complexity index is 284. The van der Waals surface area contributed by atoms with Crippen LogP contribution in [0.2, 0.25) is 0 Å². The third-order valence-electron chi connectivity index (χ3n) is 1.54. The lowest BCUT2D eigenvalue weighted by atomic mass is 10.3. The average Bonchev–Trinajstić information content (AvgIpc) is 2.19. The summed E-state index contributed by atoms with van der Waals surface area (Å²) < 4.78 is 4.97. The number of aliphatic hydroxyl groups is 1. The average molecular weight is 179 g/mol. The Morgan fingerprint density at radius 3 is 3.08 bits per heavy atom. The van der Waals surface area contributed by atoms with Crippen molar-refractivity contribution in [3.63, 3.8) is 0 Å². The van der Waals surface area contributed by atoms with Crippen molar-refractivity contribution in [3.8, 4) is 5.88 Å². The van der Waals surface area contributed by atoms with Gasteiger partial charge in [-0.15, -0.1) is 0 Å². The summed E-state index contributed by atoms with van der Waals surface area (Å²) >= 11 is 0. The summed E-state index contributed by atoms with van der Waals surface area (Å²) in [5.41, 5.74) is 0.841. The third-order valence-corrected chi connectivity index (χ3v) is 1.54. The van der Waals surface area contributed by atoms with E-state index < -0.39 is 0 Å². The number of pyridine rings is 1. The minimum Gasteiger partial charge on any atom is -0.481 e. The second-order valence-electron chi connectivity index (χ2n) is 2.52. The lowest BCUT2D eigenvalue weighted by Crippen LogP contribution is -1.88. The normalized spacial score (nSPS) is 10.6. The minimum absolute atomic E-state index is 0.167. The maximum Gasteiger partial charge on any atom is 0.213 e. The molecule has 0 radical (unpaired) electrons. The van der Waals surface area contributed by atoms with Crippen molar-refractivity contribution in [3.05, 3.63) is 30.0 Å². The Hall–Kier alpha value is -1.35. The van der Waals surface area contributed by atoms with E-state index in [0.29, 0.717) is 12.3 Å². The van der Waals surface area contributed by atoms with Crippen molar-refractivity contribution in [2.75, 3.05) is 13.7 Å². The molecule has 0 unspecified atom stereocenters. The number of methoxy groups -OCH3 is 1. The van der Waals surface area contributed by atoms with E-state index in [4.69, 9.17) is 9.84 Å². The molecule has 0 spiro atoms. The molecule has 3 nitrogen and oxygen atoms in total. The number of rotatable bonds is 4. The molecule has 0 bridgehead atoms. The number of hydrogen-bond acceptors (Lipinski definition) is 3. The van der Waals surface area contributed by atoms with Crippen LogP contribution in [-0.2, 0) is 0 Å². The van der Waals surface area contributed by atoms with Crippen molar-refractivity contribution in [1.82, 2.24) is 4.98 Å². The topological polar surface area (TPSA) is 42.4 Å². The zero-order valence-corrected chi connectivity index (χ0v) is 7.60. The van der Waals surface area contributed by atoms with Crippen LogP contribution in [0.5, 0.6) is 5.88 Å². The monoisotopic (exact) mass is 179 g/mol. The van der Waals surface area contributed by atoms with Crippen LogP contribution in [0.1, 0.15) is 12.1 Å². The van der Waals surface area contributed by atoms with E-state index >= 15 is 0 Å². The number of aromatic nitrogens is 1. The molecule has 0 amide bonds. The van der Waals surface area contributed by atoms with Gasteiger partial charge in [0.25, 0.3) is 0 Å². The van der Waals surface area contributed by atoms with Crippen molar-refractivity contribution in [2.45, 2.75) is 6.42 Å². The van der Waals surface area contributed by atoms with Crippen molar-refractivity contribution in [1.29, 1.82) is 0 Å². The third kappa shape index (κ3) is 3.25. The molecule has 0 aromatic carbocycles. The SMILES string of the molecule is COc1cccc(C=CCCO)n1. The summed E-state index contributed by atoms with van der Waals surface area (Å²) in [4.78, 5) is 4.17. The van der Waals surface area contributed by atoms with Crippen LogP contribution in [-0.4, -0.2) is 23.8 Å². The zero-order valence-electron chi connectivity index (χ0n) is 7.60. The molecule has 0 saturated heterocycles. The van der Waals surface area contributed by atoms with Gasteiger partial charge in [-0.2, -0.15) is 0 Å². The zero-order chi connectivity index (χ0) is 9.52. The molecule has 0 atom stereocenters. The van der Waals surface area contributed by atoms with Gasteiger partial charge in [0, 0.05) is 12.7 Å². The van der Waals surface area contributed by atoms with E-state index in [9.17, 15) is 0 Å². The van der Waals surface area contributed by atoms with Gasteiger partial charge < -0.3 is 9.84 Å². The van der Waals surface area contributed by atoms with Gasteiger partial charge in [-0.3, -0.25) is 0 Å². The first kappa shape index (κ1) is 9.74. The largest absolute Gasteiger partial charge is 0.481 e. The van der Waals surface area contributed by atoms with Crippen molar-refractivity contribution in [2.24, 2.45) is 0 Å². The van der Waals surface area contributed by atoms with Gasteiger partial charge in [0.05, 0.1) is 12.8 Å². The van der Waals surface area contributed by atoms with Gasteiger partial charge in [-0.1, -0.05) is 12.1 Å². The Labute approximate surface area is 77.7 Å². The quantitative estimate of drug-likeness (QED) is 0.761. The van der Waals surface area contributed by atoms with Crippen LogP contribution in [0.15, 0.2) is 24.3 Å². The van der Waals surface area contributed by atoms with Gasteiger partial charge in [0.2, 0.25) is 5.88 Å². The smallest absolute Gasteiger partial charge is 0.213 e. The molecule has 1 heterocycles. The number of nitrogens with zero attached hydrogens (tertiary/aromatic N) is 1. The predicted molar refractivity (Wildman–Crippen MR) is 51.5 cm³/mol. The second-order valence-corrected chi connectivity index (χ2v) is 2.52. The van der Waals surface area contributed by atoms with Crippen LogP contribution >= 0.6 is 0 Å². The molecule has 70 valence electrons. The molecule has 0 saturated carbocycles. The van der Waals surface area contributed by atoms with Crippen LogP contribution in [0, 0.1) is 0 Å². The van der Waals surface area contributed by atoms with Crippen LogP contribution in [0.3, 0.4) is 0 Å². The standard InChI is InChI=1S/C10H13NO2/c1-13-10-7-4-6-9(11-10)5-2-3-8-12/h2,4-7,12H,3,8H2,1H3. The fourth-order valence-corrected chi connectivity index (χ4v) is 0.916. The Kier molecular flexibility index (Phi) is 3.99. The molecule has 0 aliphatic rings. The summed E-state index contributed by atoms with van der Waals surface area (Å²) in [5, 5.41) is 8.55. The molecule has 1 rings (SSSR count). The second kappa shape index (κ2) is 5.32. The van der Waals surface area contributed by atoms with Crippen molar-refractivity contribution < 1.29 is 9.84 Å². The summed E-state index contributed by atoms with van der Waals surface area (Å²) in [5.74, 6) is 0.603. The van der Waals surface area contributed by atoms with E-state index in [2.05, 4.69) is 4.98 Å². The highest BCUT2D eigenvalue weighted by molar-refractivity contribution is 5.45. The maximum absolute atomic E-state index is 8.55. The molecule has 0 fully saturated rings. The number of aliphatic hydroxyl groups excluding tert-OH is 1. The fraction of sp³-hybridized carbons (Fsp3) is 0.300. The minimum atomic E-state index is 0.167. The number of hydrogen-bond donors (Lipinski definition) is 1. The molecule has 13 heavy (non-hydrogen) atoms. The van der Waals surface area contributed by atoms with Crippen molar-refractivity contribution >= 4 is 6.08 Å². The Morgan fingerprint density at radius 2 is 2.38 bits per heavy atom. The van der Waals surface area contributed by atoms with Crippen LogP contribution < -0.4 is 4.74 Å². The Morgan fingerprint density at radius 1 is 1.54 bits per heavy atom. The maximum atomic E-state index is 8.55. The molecule has 1 N–H and O–H groups in total. The molecule has 0 aliphatic heterocycles.